The van der Waals surface area contributed by atoms with Crippen molar-refractivity contribution in [2.24, 2.45) is 0 Å². The SMILES string of the molecule is O=C(Cn1c(=O)cnc2ccccc21)Nc1cccc(Cl)c1Cl. The van der Waals surface area contributed by atoms with Crippen LogP contribution in [-0.2, 0) is 11.3 Å². The Morgan fingerprint density at radius 2 is 1.91 bits per heavy atom. The molecule has 7 heteroatoms. The van der Waals surface area contributed by atoms with Crippen LogP contribution in [0.15, 0.2) is 53.5 Å². The lowest BCUT2D eigenvalue weighted by molar-refractivity contribution is -0.116. The van der Waals surface area contributed by atoms with E-state index in [0.717, 1.165) is 0 Å². The second kappa shape index (κ2) is 6.40. The van der Waals surface area contributed by atoms with Crippen LogP contribution in [0.3, 0.4) is 0 Å². The van der Waals surface area contributed by atoms with Gasteiger partial charge in [-0.15, -0.1) is 0 Å². The van der Waals surface area contributed by atoms with Gasteiger partial charge in [-0.2, -0.15) is 0 Å². The molecule has 5 nitrogen and oxygen atoms in total. The van der Waals surface area contributed by atoms with E-state index in [0.29, 0.717) is 21.7 Å². The molecule has 0 aliphatic carbocycles. The number of rotatable bonds is 3. The van der Waals surface area contributed by atoms with Crippen LogP contribution in [-0.4, -0.2) is 15.5 Å². The fraction of sp³-hybridized carbons (Fsp3) is 0.0625. The quantitative estimate of drug-likeness (QED) is 0.790. The minimum absolute atomic E-state index is 0.148. The first-order chi connectivity index (χ1) is 11.1. The summed E-state index contributed by atoms with van der Waals surface area (Å²) < 4.78 is 1.36. The lowest BCUT2D eigenvalue weighted by atomic mass is 10.3. The molecule has 116 valence electrons. The number of carbonyl (C=O) groups is 1. The van der Waals surface area contributed by atoms with Crippen molar-refractivity contribution < 1.29 is 4.79 Å². The molecule has 23 heavy (non-hydrogen) atoms. The molecule has 0 fully saturated rings. The lowest BCUT2D eigenvalue weighted by Gasteiger charge is -2.11. The monoisotopic (exact) mass is 347 g/mol. The number of nitrogens with one attached hydrogen (secondary N) is 1. The zero-order valence-corrected chi connectivity index (χ0v) is 13.3. The van der Waals surface area contributed by atoms with Crippen molar-refractivity contribution in [3.8, 4) is 0 Å². The Balaban J connectivity index is 1.90. The molecule has 0 bridgehead atoms. The summed E-state index contributed by atoms with van der Waals surface area (Å²) in [7, 11) is 0. The second-order valence-corrected chi connectivity index (χ2v) is 5.61. The van der Waals surface area contributed by atoms with E-state index in [1.165, 1.54) is 10.8 Å². The third-order valence-electron chi connectivity index (χ3n) is 3.28. The number of anilines is 1. The number of benzene rings is 2. The van der Waals surface area contributed by atoms with Gasteiger partial charge in [0.05, 0.1) is 33.0 Å². The van der Waals surface area contributed by atoms with Crippen molar-refractivity contribution >= 4 is 45.8 Å². The van der Waals surface area contributed by atoms with Gasteiger partial charge in [0.2, 0.25) is 5.91 Å². The van der Waals surface area contributed by atoms with Gasteiger partial charge in [-0.25, -0.2) is 4.98 Å². The lowest BCUT2D eigenvalue weighted by Crippen LogP contribution is -2.28. The third-order valence-corrected chi connectivity index (χ3v) is 4.10. The smallest absolute Gasteiger partial charge is 0.269 e. The van der Waals surface area contributed by atoms with Crippen LogP contribution in [0.25, 0.3) is 11.0 Å². The first kappa shape index (κ1) is 15.5. The largest absolute Gasteiger partial charge is 0.323 e. The molecule has 0 aliphatic rings. The summed E-state index contributed by atoms with van der Waals surface area (Å²) in [6.45, 7) is -0.148. The minimum Gasteiger partial charge on any atom is -0.323 e. The molecule has 0 aliphatic heterocycles. The summed E-state index contributed by atoms with van der Waals surface area (Å²) in [4.78, 5) is 28.3. The average Bonchev–Trinajstić information content (AvgIpc) is 2.54. The van der Waals surface area contributed by atoms with E-state index in [-0.39, 0.29) is 23.0 Å². The first-order valence-corrected chi connectivity index (χ1v) is 7.50. The molecule has 0 saturated heterocycles. The van der Waals surface area contributed by atoms with Crippen LogP contribution in [0.5, 0.6) is 0 Å². The predicted molar refractivity (Wildman–Crippen MR) is 91.1 cm³/mol. The molecule has 0 atom stereocenters. The minimum atomic E-state index is -0.382. The highest BCUT2D eigenvalue weighted by Gasteiger charge is 2.11. The molecule has 3 aromatic rings. The summed E-state index contributed by atoms with van der Waals surface area (Å²) in [6, 6.07) is 12.1. The highest BCUT2D eigenvalue weighted by Crippen LogP contribution is 2.29. The molecular weight excluding hydrogens is 337 g/mol. The molecule has 2 aromatic carbocycles. The van der Waals surface area contributed by atoms with E-state index in [4.69, 9.17) is 23.2 Å². The van der Waals surface area contributed by atoms with Gasteiger partial charge in [-0.1, -0.05) is 41.4 Å². The van der Waals surface area contributed by atoms with E-state index in [2.05, 4.69) is 10.3 Å². The molecule has 1 aromatic heterocycles. The molecule has 1 N–H and O–H groups in total. The molecule has 0 unspecified atom stereocenters. The van der Waals surface area contributed by atoms with Crippen LogP contribution in [0, 0.1) is 0 Å². The van der Waals surface area contributed by atoms with Gasteiger partial charge in [-0.3, -0.25) is 14.2 Å². The summed E-state index contributed by atoms with van der Waals surface area (Å²) >= 11 is 12.0. The second-order valence-electron chi connectivity index (χ2n) is 4.82. The standard InChI is InChI=1S/C16H11Cl2N3O2/c17-10-4-3-6-12(16(10)18)20-14(22)9-21-13-7-2-1-5-11(13)19-8-15(21)23/h1-8H,9H2,(H,20,22). The number of aromatic nitrogens is 2. The normalized spacial score (nSPS) is 10.7. The summed E-state index contributed by atoms with van der Waals surface area (Å²) in [6.07, 6.45) is 1.20. The van der Waals surface area contributed by atoms with Crippen molar-refractivity contribution in [2.75, 3.05) is 5.32 Å². The van der Waals surface area contributed by atoms with E-state index >= 15 is 0 Å². The van der Waals surface area contributed by atoms with Gasteiger partial charge < -0.3 is 5.32 Å². The topological polar surface area (TPSA) is 64.0 Å². The molecule has 1 amide bonds. The predicted octanol–water partition coefficient (Wildman–Crippen LogP) is 3.34. The van der Waals surface area contributed by atoms with Gasteiger partial charge in [0.25, 0.3) is 5.56 Å². The Bertz CT molecular complexity index is 953. The van der Waals surface area contributed by atoms with Gasteiger partial charge in [0, 0.05) is 0 Å². The van der Waals surface area contributed by atoms with E-state index in [1.807, 2.05) is 6.07 Å². The highest BCUT2D eigenvalue weighted by molar-refractivity contribution is 6.43. The zero-order chi connectivity index (χ0) is 16.4. The Morgan fingerprint density at radius 1 is 1.13 bits per heavy atom. The number of fused-ring (bicyclic) bond motifs is 1. The Morgan fingerprint density at radius 3 is 2.74 bits per heavy atom. The van der Waals surface area contributed by atoms with Crippen molar-refractivity contribution in [2.45, 2.75) is 6.54 Å². The number of amides is 1. The van der Waals surface area contributed by atoms with Crippen LogP contribution in [0.4, 0.5) is 5.69 Å². The van der Waals surface area contributed by atoms with Gasteiger partial charge in [-0.05, 0) is 24.3 Å². The molecular formula is C16H11Cl2N3O2. The number of para-hydroxylation sites is 2. The molecule has 0 saturated carbocycles. The van der Waals surface area contributed by atoms with Crippen LogP contribution < -0.4 is 10.9 Å². The first-order valence-electron chi connectivity index (χ1n) is 6.75. The Kier molecular flexibility index (Phi) is 4.32. The van der Waals surface area contributed by atoms with Gasteiger partial charge >= 0.3 is 0 Å². The van der Waals surface area contributed by atoms with Gasteiger partial charge in [0.15, 0.2) is 0 Å². The summed E-state index contributed by atoms with van der Waals surface area (Å²) in [5.41, 5.74) is 1.28. The molecule has 0 radical (unpaired) electrons. The van der Waals surface area contributed by atoms with E-state index in [1.54, 1.807) is 36.4 Å². The zero-order valence-electron chi connectivity index (χ0n) is 11.8. The average molecular weight is 348 g/mol. The Labute approximate surface area is 141 Å². The fourth-order valence-corrected chi connectivity index (χ4v) is 2.56. The van der Waals surface area contributed by atoms with Crippen LogP contribution in [0.1, 0.15) is 0 Å². The van der Waals surface area contributed by atoms with Crippen molar-refractivity contribution in [1.29, 1.82) is 0 Å². The van der Waals surface area contributed by atoms with E-state index < -0.39 is 0 Å². The van der Waals surface area contributed by atoms with Crippen molar-refractivity contribution in [1.82, 2.24) is 9.55 Å². The summed E-state index contributed by atoms with van der Waals surface area (Å²) in [5.74, 6) is -0.382. The van der Waals surface area contributed by atoms with Crippen LogP contribution in [0.2, 0.25) is 10.0 Å². The maximum Gasteiger partial charge on any atom is 0.269 e. The van der Waals surface area contributed by atoms with Gasteiger partial charge in [0.1, 0.15) is 6.54 Å². The highest BCUT2D eigenvalue weighted by atomic mass is 35.5. The maximum atomic E-state index is 12.2. The Hall–Kier alpha value is -2.37. The number of hydrogen-bond donors (Lipinski definition) is 1. The summed E-state index contributed by atoms with van der Waals surface area (Å²) in [5, 5.41) is 3.26. The molecule has 1 heterocycles. The number of carbonyl (C=O) groups excluding carboxylic acids is 1. The van der Waals surface area contributed by atoms with E-state index in [9.17, 15) is 9.59 Å². The van der Waals surface area contributed by atoms with Crippen molar-refractivity contribution in [3.63, 3.8) is 0 Å². The molecule has 0 spiro atoms. The molecule has 3 rings (SSSR count). The third kappa shape index (κ3) is 3.21. The fourth-order valence-electron chi connectivity index (χ4n) is 2.21. The number of hydrogen-bond acceptors (Lipinski definition) is 3. The van der Waals surface area contributed by atoms with Crippen molar-refractivity contribution in [3.05, 3.63) is 69.1 Å². The maximum absolute atomic E-state index is 12.2. The number of halogens is 2. The van der Waals surface area contributed by atoms with Crippen LogP contribution >= 0.6 is 23.2 Å². The number of nitrogens with zero attached hydrogens (tertiary/aromatic N) is 2.